The number of hydrogen-bond donors (Lipinski definition) is 1. The van der Waals surface area contributed by atoms with Crippen molar-refractivity contribution in [1.82, 2.24) is 4.98 Å². The lowest BCUT2D eigenvalue weighted by molar-refractivity contribution is 0.253. The van der Waals surface area contributed by atoms with Gasteiger partial charge in [-0.1, -0.05) is 49.6 Å². The first-order chi connectivity index (χ1) is 9.13. The Morgan fingerprint density at radius 2 is 2.16 bits per heavy atom. The lowest BCUT2D eigenvalue weighted by Crippen LogP contribution is -2.34. The summed E-state index contributed by atoms with van der Waals surface area (Å²) in [6.07, 6.45) is 3.93. The van der Waals surface area contributed by atoms with Crippen LogP contribution >= 0.6 is 22.9 Å². The van der Waals surface area contributed by atoms with Crippen LogP contribution in [-0.4, -0.2) is 11.0 Å². The lowest BCUT2D eigenvalue weighted by atomic mass is 9.78. The molecule has 1 aliphatic rings. The first kappa shape index (κ1) is 13.2. The summed E-state index contributed by atoms with van der Waals surface area (Å²) in [5.41, 5.74) is 0.997. The Balaban J connectivity index is 1.81. The largest absolute Gasteiger partial charge is 0.358 e. The van der Waals surface area contributed by atoms with Gasteiger partial charge >= 0.3 is 0 Å². The number of anilines is 1. The van der Waals surface area contributed by atoms with Crippen molar-refractivity contribution < 1.29 is 0 Å². The monoisotopic (exact) mass is 294 g/mol. The highest BCUT2D eigenvalue weighted by atomic mass is 35.5. The first-order valence-corrected chi connectivity index (χ1v) is 8.15. The van der Waals surface area contributed by atoms with E-state index < -0.39 is 0 Å². The van der Waals surface area contributed by atoms with E-state index in [1.807, 2.05) is 18.2 Å². The SMILES string of the molecule is CC1CCCC(Nc2nc3cc(Cl)ccc3s2)C1C. The summed E-state index contributed by atoms with van der Waals surface area (Å²) in [5, 5.41) is 5.42. The third-order valence-electron chi connectivity index (χ3n) is 4.37. The molecule has 0 spiro atoms. The molecule has 1 fully saturated rings. The molecule has 19 heavy (non-hydrogen) atoms. The van der Waals surface area contributed by atoms with E-state index in [1.165, 1.54) is 24.0 Å². The number of rotatable bonds is 2. The molecule has 0 amide bonds. The van der Waals surface area contributed by atoms with Crippen LogP contribution in [0.1, 0.15) is 33.1 Å². The molecule has 0 bridgehead atoms. The second-order valence-electron chi connectivity index (χ2n) is 5.65. The Bertz CT molecular complexity index is 581. The third-order valence-corrected chi connectivity index (χ3v) is 5.57. The van der Waals surface area contributed by atoms with Gasteiger partial charge in [0.15, 0.2) is 5.13 Å². The summed E-state index contributed by atoms with van der Waals surface area (Å²) < 4.78 is 1.20. The van der Waals surface area contributed by atoms with Crippen molar-refractivity contribution >= 4 is 38.3 Å². The number of thiazole rings is 1. The molecule has 3 unspecified atom stereocenters. The minimum atomic E-state index is 0.555. The number of fused-ring (bicyclic) bond motifs is 1. The van der Waals surface area contributed by atoms with Crippen molar-refractivity contribution in [2.24, 2.45) is 11.8 Å². The Kier molecular flexibility index (Phi) is 3.68. The van der Waals surface area contributed by atoms with Crippen LogP contribution in [0.25, 0.3) is 10.2 Å². The van der Waals surface area contributed by atoms with Crippen LogP contribution in [0.3, 0.4) is 0 Å². The van der Waals surface area contributed by atoms with Crippen LogP contribution in [0.5, 0.6) is 0 Å². The van der Waals surface area contributed by atoms with Crippen molar-refractivity contribution in [2.75, 3.05) is 5.32 Å². The van der Waals surface area contributed by atoms with Gasteiger partial charge < -0.3 is 5.32 Å². The second-order valence-corrected chi connectivity index (χ2v) is 7.12. The predicted octanol–water partition coefficient (Wildman–Crippen LogP) is 5.19. The average Bonchev–Trinajstić information content (AvgIpc) is 2.76. The molecular formula is C15H19ClN2S. The standard InChI is InChI=1S/C15H19ClN2S/c1-9-4-3-5-12(10(9)2)17-15-18-13-8-11(16)6-7-14(13)19-15/h6-10,12H,3-5H2,1-2H3,(H,17,18). The molecule has 1 aromatic heterocycles. The van der Waals surface area contributed by atoms with E-state index in [9.17, 15) is 0 Å². The van der Waals surface area contributed by atoms with Crippen molar-refractivity contribution in [2.45, 2.75) is 39.2 Å². The molecule has 1 heterocycles. The van der Waals surface area contributed by atoms with Crippen LogP contribution < -0.4 is 5.32 Å². The fourth-order valence-corrected chi connectivity index (χ4v) is 3.98. The summed E-state index contributed by atoms with van der Waals surface area (Å²) in [5.74, 6) is 1.51. The molecule has 2 nitrogen and oxygen atoms in total. The summed E-state index contributed by atoms with van der Waals surface area (Å²) in [6.45, 7) is 4.71. The normalized spacial score (nSPS) is 27.6. The third kappa shape index (κ3) is 2.72. The van der Waals surface area contributed by atoms with Gasteiger partial charge in [-0.15, -0.1) is 0 Å². The minimum Gasteiger partial charge on any atom is -0.358 e. The van der Waals surface area contributed by atoms with Gasteiger partial charge in [-0.05, 0) is 36.5 Å². The predicted molar refractivity (Wildman–Crippen MR) is 84.2 cm³/mol. The molecule has 0 radical (unpaired) electrons. The van der Waals surface area contributed by atoms with Crippen molar-refractivity contribution in [3.05, 3.63) is 23.2 Å². The molecular weight excluding hydrogens is 276 g/mol. The maximum atomic E-state index is 6.01. The lowest BCUT2D eigenvalue weighted by Gasteiger charge is -2.34. The van der Waals surface area contributed by atoms with E-state index in [0.29, 0.717) is 12.0 Å². The molecule has 0 saturated heterocycles. The molecule has 1 saturated carbocycles. The zero-order valence-corrected chi connectivity index (χ0v) is 12.9. The molecule has 102 valence electrons. The molecule has 4 heteroatoms. The van der Waals surface area contributed by atoms with E-state index in [0.717, 1.165) is 21.6 Å². The average molecular weight is 295 g/mol. The number of nitrogens with one attached hydrogen (secondary N) is 1. The van der Waals surface area contributed by atoms with Crippen LogP contribution in [0.15, 0.2) is 18.2 Å². The Labute approximate surface area is 123 Å². The summed E-state index contributed by atoms with van der Waals surface area (Å²) in [4.78, 5) is 4.65. The highest BCUT2D eigenvalue weighted by Gasteiger charge is 2.27. The van der Waals surface area contributed by atoms with E-state index in [1.54, 1.807) is 11.3 Å². The molecule has 3 rings (SSSR count). The fourth-order valence-electron chi connectivity index (χ4n) is 2.91. The maximum Gasteiger partial charge on any atom is 0.184 e. The topological polar surface area (TPSA) is 24.9 Å². The number of nitrogens with zero attached hydrogens (tertiary/aromatic N) is 1. The van der Waals surface area contributed by atoms with E-state index in [-0.39, 0.29) is 0 Å². The molecule has 0 aliphatic heterocycles. The molecule has 1 aromatic carbocycles. The van der Waals surface area contributed by atoms with E-state index in [4.69, 9.17) is 11.6 Å². The van der Waals surface area contributed by atoms with Gasteiger partial charge in [-0.2, -0.15) is 0 Å². The summed E-state index contributed by atoms with van der Waals surface area (Å²) >= 11 is 7.73. The number of halogens is 1. The smallest absolute Gasteiger partial charge is 0.184 e. The van der Waals surface area contributed by atoms with Crippen molar-refractivity contribution in [3.8, 4) is 0 Å². The van der Waals surface area contributed by atoms with E-state index in [2.05, 4.69) is 24.1 Å². The van der Waals surface area contributed by atoms with Crippen molar-refractivity contribution in [1.29, 1.82) is 0 Å². The van der Waals surface area contributed by atoms with E-state index >= 15 is 0 Å². The van der Waals surface area contributed by atoms with Crippen LogP contribution in [-0.2, 0) is 0 Å². The Hall–Kier alpha value is -0.800. The highest BCUT2D eigenvalue weighted by molar-refractivity contribution is 7.22. The molecule has 2 aromatic rings. The van der Waals surface area contributed by atoms with Gasteiger partial charge in [-0.3, -0.25) is 0 Å². The number of benzene rings is 1. The van der Waals surface area contributed by atoms with Gasteiger partial charge in [0.25, 0.3) is 0 Å². The molecule has 1 aliphatic carbocycles. The van der Waals surface area contributed by atoms with Gasteiger partial charge in [0, 0.05) is 11.1 Å². The summed E-state index contributed by atoms with van der Waals surface area (Å²) in [7, 11) is 0. The number of aromatic nitrogens is 1. The van der Waals surface area contributed by atoms with Crippen LogP contribution in [0, 0.1) is 11.8 Å². The Morgan fingerprint density at radius 1 is 1.32 bits per heavy atom. The van der Waals surface area contributed by atoms with Crippen molar-refractivity contribution in [3.63, 3.8) is 0 Å². The summed E-state index contributed by atoms with van der Waals surface area (Å²) in [6, 6.07) is 6.47. The van der Waals surface area contributed by atoms with Crippen LogP contribution in [0.2, 0.25) is 5.02 Å². The highest BCUT2D eigenvalue weighted by Crippen LogP contribution is 2.34. The van der Waals surface area contributed by atoms with Crippen LogP contribution in [0.4, 0.5) is 5.13 Å². The quantitative estimate of drug-likeness (QED) is 0.825. The number of hydrogen-bond acceptors (Lipinski definition) is 3. The van der Waals surface area contributed by atoms with Gasteiger partial charge in [-0.25, -0.2) is 4.98 Å². The minimum absolute atomic E-state index is 0.555. The zero-order valence-electron chi connectivity index (χ0n) is 11.3. The fraction of sp³-hybridized carbons (Fsp3) is 0.533. The zero-order chi connectivity index (χ0) is 13.4. The second kappa shape index (κ2) is 5.29. The van der Waals surface area contributed by atoms with Gasteiger partial charge in [0.05, 0.1) is 10.2 Å². The van der Waals surface area contributed by atoms with Gasteiger partial charge in [0.2, 0.25) is 0 Å². The first-order valence-electron chi connectivity index (χ1n) is 6.96. The maximum absolute atomic E-state index is 6.01. The molecule has 3 atom stereocenters. The van der Waals surface area contributed by atoms with Gasteiger partial charge in [0.1, 0.15) is 0 Å². The molecule has 1 N–H and O–H groups in total. The Morgan fingerprint density at radius 3 is 3.00 bits per heavy atom.